The molecule has 0 aliphatic carbocycles. The number of fused-ring (bicyclic) bond motifs is 1. The number of aromatic nitrogens is 3. The van der Waals surface area contributed by atoms with Gasteiger partial charge in [0.15, 0.2) is 15.5 Å². The lowest BCUT2D eigenvalue weighted by molar-refractivity contribution is 0.229. The van der Waals surface area contributed by atoms with Gasteiger partial charge >= 0.3 is 5.69 Å². The van der Waals surface area contributed by atoms with E-state index in [-0.39, 0.29) is 28.7 Å². The van der Waals surface area contributed by atoms with E-state index in [1.807, 2.05) is 16.7 Å². The molecule has 178 valence electrons. The van der Waals surface area contributed by atoms with Crippen molar-refractivity contribution in [1.82, 2.24) is 19.0 Å². The highest BCUT2D eigenvalue weighted by molar-refractivity contribution is 7.91. The Bertz CT molecular complexity index is 1350. The minimum Gasteiger partial charge on any atom is -0.295 e. The van der Waals surface area contributed by atoms with Crippen molar-refractivity contribution < 1.29 is 8.42 Å². The molecular weight excluding hydrogens is 436 g/mol. The second-order valence-electron chi connectivity index (χ2n) is 10.5. The van der Waals surface area contributed by atoms with Gasteiger partial charge in [0.2, 0.25) is 0 Å². The molecule has 3 aromatic rings. The molecule has 0 amide bonds. The quantitative estimate of drug-likeness (QED) is 0.583. The third-order valence-electron chi connectivity index (χ3n) is 6.56. The predicted octanol–water partition coefficient (Wildman–Crippen LogP) is 3.55. The lowest BCUT2D eigenvalue weighted by Gasteiger charge is -2.32. The summed E-state index contributed by atoms with van der Waals surface area (Å²) in [6.45, 7) is 12.3. The van der Waals surface area contributed by atoms with Gasteiger partial charge in [-0.05, 0) is 48.6 Å². The van der Waals surface area contributed by atoms with Crippen molar-refractivity contribution in [2.75, 3.05) is 24.6 Å². The number of hydrogen-bond acceptors (Lipinski definition) is 5. The summed E-state index contributed by atoms with van der Waals surface area (Å²) in [6, 6.07) is 10.5. The molecule has 8 heteroatoms. The zero-order valence-corrected chi connectivity index (χ0v) is 21.2. The molecule has 1 fully saturated rings. The Morgan fingerprint density at radius 1 is 1.09 bits per heavy atom. The standard InChI is InChI=1S/C25H34N4O3S/c1-17-7-8-19(18(2)28-11-13-33(31,32)14-12-28)15-20(17)21-9-10-22-23(26-21)27(6)24(30)29(22)16-25(3,4)5/h7-10,15,18H,11-14,16H2,1-6H3/t18-/m0/s1. The number of aryl methyl sites for hydroxylation is 2. The van der Waals surface area contributed by atoms with E-state index in [4.69, 9.17) is 4.98 Å². The summed E-state index contributed by atoms with van der Waals surface area (Å²) >= 11 is 0. The first-order chi connectivity index (χ1) is 15.4. The van der Waals surface area contributed by atoms with Crippen LogP contribution in [0, 0.1) is 12.3 Å². The summed E-state index contributed by atoms with van der Waals surface area (Å²) in [7, 11) is -1.13. The first-order valence-corrected chi connectivity index (χ1v) is 13.3. The maximum atomic E-state index is 12.9. The van der Waals surface area contributed by atoms with Crippen LogP contribution in [0.2, 0.25) is 0 Å². The summed E-state index contributed by atoms with van der Waals surface area (Å²) in [5.74, 6) is 0.432. The van der Waals surface area contributed by atoms with E-state index in [9.17, 15) is 13.2 Å². The minimum absolute atomic E-state index is 0.0222. The Hall–Kier alpha value is -2.45. The first-order valence-electron chi connectivity index (χ1n) is 11.5. The second kappa shape index (κ2) is 8.40. The Labute approximate surface area is 196 Å². The molecule has 1 saturated heterocycles. The van der Waals surface area contributed by atoms with Crippen LogP contribution in [-0.4, -0.2) is 52.0 Å². The van der Waals surface area contributed by atoms with E-state index in [0.29, 0.717) is 25.3 Å². The van der Waals surface area contributed by atoms with E-state index in [1.54, 1.807) is 11.6 Å². The maximum absolute atomic E-state index is 12.9. The van der Waals surface area contributed by atoms with Gasteiger partial charge in [0.25, 0.3) is 0 Å². The molecule has 3 heterocycles. The summed E-state index contributed by atoms with van der Waals surface area (Å²) in [6.07, 6.45) is 0. The highest BCUT2D eigenvalue weighted by Crippen LogP contribution is 2.30. The fourth-order valence-electron chi connectivity index (χ4n) is 4.55. The molecule has 0 spiro atoms. The fraction of sp³-hybridized carbons (Fsp3) is 0.520. The van der Waals surface area contributed by atoms with Crippen molar-refractivity contribution >= 4 is 21.0 Å². The SMILES string of the molecule is Cc1ccc([C@H](C)N2CCS(=O)(=O)CC2)cc1-c1ccc2c(n1)n(C)c(=O)n2CC(C)(C)C. The molecule has 0 radical (unpaired) electrons. The molecule has 0 saturated carbocycles. The van der Waals surface area contributed by atoms with Crippen molar-refractivity contribution in [2.24, 2.45) is 12.5 Å². The van der Waals surface area contributed by atoms with Crippen molar-refractivity contribution in [3.63, 3.8) is 0 Å². The zero-order valence-electron chi connectivity index (χ0n) is 20.4. The Balaban J connectivity index is 1.71. The molecule has 1 aliphatic rings. The molecule has 2 aromatic heterocycles. The van der Waals surface area contributed by atoms with E-state index in [2.05, 4.69) is 57.7 Å². The molecule has 1 aliphatic heterocycles. The van der Waals surface area contributed by atoms with E-state index < -0.39 is 9.84 Å². The van der Waals surface area contributed by atoms with E-state index in [1.165, 1.54) is 0 Å². The van der Waals surface area contributed by atoms with Crippen LogP contribution in [0.4, 0.5) is 0 Å². The number of imidazole rings is 1. The maximum Gasteiger partial charge on any atom is 0.330 e. The van der Waals surface area contributed by atoms with Crippen LogP contribution in [0.25, 0.3) is 22.4 Å². The summed E-state index contributed by atoms with van der Waals surface area (Å²) < 4.78 is 27.1. The third kappa shape index (κ3) is 4.77. The monoisotopic (exact) mass is 470 g/mol. The largest absolute Gasteiger partial charge is 0.330 e. The molecule has 0 bridgehead atoms. The lowest BCUT2D eigenvalue weighted by Crippen LogP contribution is -2.41. The number of hydrogen-bond donors (Lipinski definition) is 0. The average molecular weight is 471 g/mol. The Morgan fingerprint density at radius 3 is 2.39 bits per heavy atom. The number of sulfone groups is 1. The van der Waals surface area contributed by atoms with Gasteiger partial charge < -0.3 is 0 Å². The molecule has 4 rings (SSSR count). The molecule has 0 unspecified atom stereocenters. The number of nitrogens with zero attached hydrogens (tertiary/aromatic N) is 4. The molecule has 33 heavy (non-hydrogen) atoms. The van der Waals surface area contributed by atoms with Crippen molar-refractivity contribution in [2.45, 2.75) is 47.2 Å². The summed E-state index contributed by atoms with van der Waals surface area (Å²) in [4.78, 5) is 20.0. The second-order valence-corrected chi connectivity index (χ2v) is 12.8. The number of rotatable bonds is 4. The number of pyridine rings is 1. The van der Waals surface area contributed by atoms with Crippen LogP contribution >= 0.6 is 0 Å². The van der Waals surface area contributed by atoms with Crippen LogP contribution in [0.15, 0.2) is 35.1 Å². The number of benzene rings is 1. The molecule has 1 atom stereocenters. The summed E-state index contributed by atoms with van der Waals surface area (Å²) in [5.41, 5.74) is 5.56. The van der Waals surface area contributed by atoms with Gasteiger partial charge in [-0.2, -0.15) is 0 Å². The smallest absolute Gasteiger partial charge is 0.295 e. The first kappa shape index (κ1) is 23.7. The van der Waals surface area contributed by atoms with Crippen LogP contribution in [0.5, 0.6) is 0 Å². The van der Waals surface area contributed by atoms with Gasteiger partial charge in [0.05, 0.1) is 22.7 Å². The van der Waals surface area contributed by atoms with Crippen molar-refractivity contribution in [3.8, 4) is 11.3 Å². The Kier molecular flexibility index (Phi) is 6.03. The highest BCUT2D eigenvalue weighted by Gasteiger charge is 2.26. The van der Waals surface area contributed by atoms with Crippen LogP contribution in [-0.2, 0) is 23.4 Å². The lowest BCUT2D eigenvalue weighted by atomic mass is 9.97. The minimum atomic E-state index is -2.91. The van der Waals surface area contributed by atoms with Gasteiger partial charge in [0.1, 0.15) is 0 Å². The van der Waals surface area contributed by atoms with Crippen molar-refractivity contribution in [3.05, 3.63) is 51.9 Å². The Morgan fingerprint density at radius 2 is 1.76 bits per heavy atom. The van der Waals surface area contributed by atoms with Crippen molar-refractivity contribution in [1.29, 1.82) is 0 Å². The molecule has 7 nitrogen and oxygen atoms in total. The van der Waals surface area contributed by atoms with E-state index >= 15 is 0 Å². The average Bonchev–Trinajstić information content (AvgIpc) is 2.97. The zero-order chi connectivity index (χ0) is 24.1. The summed E-state index contributed by atoms with van der Waals surface area (Å²) in [5, 5.41) is 0. The van der Waals surface area contributed by atoms with Gasteiger partial charge in [0, 0.05) is 38.3 Å². The molecule has 1 aromatic carbocycles. The predicted molar refractivity (Wildman–Crippen MR) is 133 cm³/mol. The van der Waals surface area contributed by atoms with Crippen LogP contribution < -0.4 is 5.69 Å². The van der Waals surface area contributed by atoms with Gasteiger partial charge in [-0.15, -0.1) is 0 Å². The molecular formula is C25H34N4O3S. The third-order valence-corrected chi connectivity index (χ3v) is 8.17. The van der Waals surface area contributed by atoms with Gasteiger partial charge in [-0.1, -0.05) is 32.9 Å². The normalized spacial score (nSPS) is 18.0. The van der Waals surface area contributed by atoms with Crippen LogP contribution in [0.3, 0.4) is 0 Å². The fourth-order valence-corrected chi connectivity index (χ4v) is 5.78. The van der Waals surface area contributed by atoms with Gasteiger partial charge in [-0.3, -0.25) is 14.0 Å². The molecule has 0 N–H and O–H groups in total. The van der Waals surface area contributed by atoms with Gasteiger partial charge in [-0.25, -0.2) is 18.2 Å². The topological polar surface area (TPSA) is 77.2 Å². The highest BCUT2D eigenvalue weighted by atomic mass is 32.2. The van der Waals surface area contributed by atoms with E-state index in [0.717, 1.165) is 27.9 Å². The van der Waals surface area contributed by atoms with Crippen LogP contribution in [0.1, 0.15) is 44.9 Å².